The highest BCUT2D eigenvalue weighted by Crippen LogP contribution is 2.35. The minimum atomic E-state index is -3.67. The van der Waals surface area contributed by atoms with Crippen molar-refractivity contribution >= 4 is 34.2 Å². The summed E-state index contributed by atoms with van der Waals surface area (Å²) in [6.45, 7) is -3.17. The molecule has 0 saturated carbocycles. The van der Waals surface area contributed by atoms with Gasteiger partial charge in [-0.05, 0) is 73.5 Å². The molecule has 1 saturated heterocycles. The highest BCUT2D eigenvalue weighted by Gasteiger charge is 2.24. The van der Waals surface area contributed by atoms with Crippen molar-refractivity contribution in [3.63, 3.8) is 0 Å². The molecule has 0 amide bonds. The monoisotopic (exact) mass is 384 g/mol. The summed E-state index contributed by atoms with van der Waals surface area (Å²) in [6, 6.07) is 3.91. The maximum absolute atomic E-state index is 11.9. The second-order valence-corrected chi connectivity index (χ2v) is 7.41. The standard InChI is InChI=1S/C20H25NO2S2/c1-14-7-11-24-18(14)17(19-15(2)8-12-25-19)6-4-10-21-9-3-5-16(13-21)20(22)23/h6-8,11-12,16H,3-5,9-10,13H2,1-2H3,(H,22,23)/t16-/m1/s1/i3D2,5D2,9D2,13D2,16D. The van der Waals surface area contributed by atoms with E-state index >= 15 is 0 Å². The molecular weight excluding hydrogens is 350 g/mol. The van der Waals surface area contributed by atoms with E-state index in [0.717, 1.165) is 26.5 Å². The Morgan fingerprint density at radius 3 is 2.52 bits per heavy atom. The van der Waals surface area contributed by atoms with Crippen LogP contribution in [0.4, 0.5) is 0 Å². The first-order valence-electron chi connectivity index (χ1n) is 12.3. The summed E-state index contributed by atoms with van der Waals surface area (Å²) in [5.41, 5.74) is 2.90. The van der Waals surface area contributed by atoms with Crippen molar-refractivity contribution in [2.24, 2.45) is 5.89 Å². The smallest absolute Gasteiger partial charge is 0.307 e. The molecule has 3 nitrogen and oxygen atoms in total. The maximum atomic E-state index is 11.9. The highest BCUT2D eigenvalue weighted by atomic mass is 32.1. The minimum absolute atomic E-state index is 0.0117. The van der Waals surface area contributed by atoms with Gasteiger partial charge in [0.05, 0.1) is 5.89 Å². The summed E-state index contributed by atoms with van der Waals surface area (Å²) in [4.78, 5) is 14.2. The molecule has 3 rings (SSSR count). The maximum Gasteiger partial charge on any atom is 0.307 e. The fraction of sp³-hybridized carbons (Fsp3) is 0.450. The van der Waals surface area contributed by atoms with Crippen LogP contribution in [-0.4, -0.2) is 35.5 Å². The number of likely N-dealkylation sites (tertiary alicyclic amines) is 1. The lowest BCUT2D eigenvalue weighted by Gasteiger charge is -2.30. The van der Waals surface area contributed by atoms with Gasteiger partial charge >= 0.3 is 5.97 Å². The van der Waals surface area contributed by atoms with Crippen molar-refractivity contribution in [1.29, 1.82) is 0 Å². The van der Waals surface area contributed by atoms with E-state index in [1.807, 2.05) is 36.7 Å². The Bertz CT molecular complexity index is 1080. The zero-order valence-electron chi connectivity index (χ0n) is 22.9. The number of carbonyl (C=O) groups is 1. The zero-order valence-corrected chi connectivity index (χ0v) is 15.6. The molecule has 1 fully saturated rings. The molecule has 5 heteroatoms. The predicted molar refractivity (Wildman–Crippen MR) is 107 cm³/mol. The number of carboxylic acids is 1. The first-order chi connectivity index (χ1) is 15.5. The number of nitrogens with zero attached hydrogens (tertiary/aromatic N) is 1. The van der Waals surface area contributed by atoms with Crippen LogP contribution < -0.4 is 0 Å². The second-order valence-electron chi connectivity index (χ2n) is 5.58. The molecule has 2 aromatic heterocycles. The van der Waals surface area contributed by atoms with E-state index < -0.39 is 44.1 Å². The average molecular weight is 385 g/mol. The Labute approximate surface area is 170 Å². The van der Waals surface area contributed by atoms with Crippen molar-refractivity contribution < 1.29 is 22.2 Å². The summed E-state index contributed by atoms with van der Waals surface area (Å²) in [5, 5.41) is 13.5. The first-order valence-corrected chi connectivity index (χ1v) is 9.52. The van der Waals surface area contributed by atoms with Crippen LogP contribution in [0, 0.1) is 19.7 Å². The first kappa shape index (κ1) is 10.0. The van der Waals surface area contributed by atoms with E-state index in [0.29, 0.717) is 4.90 Å². The van der Waals surface area contributed by atoms with Crippen molar-refractivity contribution in [1.82, 2.24) is 4.90 Å². The van der Waals surface area contributed by atoms with Gasteiger partial charge in [-0.25, -0.2) is 0 Å². The van der Waals surface area contributed by atoms with Gasteiger partial charge in [0.25, 0.3) is 0 Å². The third-order valence-electron chi connectivity index (χ3n) is 3.75. The summed E-state index contributed by atoms with van der Waals surface area (Å²) < 4.78 is 73.7. The van der Waals surface area contributed by atoms with Gasteiger partial charge < -0.3 is 10.0 Å². The van der Waals surface area contributed by atoms with E-state index in [1.165, 1.54) is 22.7 Å². The molecule has 0 aliphatic carbocycles. The van der Waals surface area contributed by atoms with Crippen molar-refractivity contribution in [2.75, 3.05) is 19.5 Å². The molecule has 0 bridgehead atoms. The van der Waals surface area contributed by atoms with Crippen molar-refractivity contribution in [3.8, 4) is 0 Å². The van der Waals surface area contributed by atoms with Gasteiger partial charge in [-0.1, -0.05) is 6.08 Å². The van der Waals surface area contributed by atoms with Crippen LogP contribution in [0.2, 0.25) is 0 Å². The van der Waals surface area contributed by atoms with Crippen LogP contribution in [0.3, 0.4) is 0 Å². The fourth-order valence-corrected chi connectivity index (χ4v) is 4.50. The van der Waals surface area contributed by atoms with E-state index in [2.05, 4.69) is 0 Å². The number of carboxylic acid groups (broad SMARTS) is 1. The van der Waals surface area contributed by atoms with E-state index in [1.54, 1.807) is 6.08 Å². The van der Waals surface area contributed by atoms with E-state index in [-0.39, 0.29) is 6.42 Å². The lowest BCUT2D eigenvalue weighted by Crippen LogP contribution is -2.39. The molecule has 1 N–H and O–H groups in total. The predicted octanol–water partition coefficient (Wildman–Crippen LogP) is 5.04. The molecular formula is C20H25NO2S2. The van der Waals surface area contributed by atoms with Crippen LogP contribution in [0.5, 0.6) is 0 Å². The molecule has 25 heavy (non-hydrogen) atoms. The molecule has 0 unspecified atom stereocenters. The van der Waals surface area contributed by atoms with E-state index in [4.69, 9.17) is 12.3 Å². The Kier molecular flexibility index (Phi) is 3.34. The normalized spacial score (nSPS) is 34.6. The zero-order chi connectivity index (χ0) is 25.9. The topological polar surface area (TPSA) is 40.5 Å². The third kappa shape index (κ3) is 4.40. The summed E-state index contributed by atoms with van der Waals surface area (Å²) in [7, 11) is 0. The van der Waals surface area contributed by atoms with Crippen LogP contribution >= 0.6 is 22.7 Å². The number of thiophene rings is 2. The lowest BCUT2D eigenvalue weighted by molar-refractivity contribution is -0.143. The molecule has 1 atom stereocenters. The van der Waals surface area contributed by atoms with Gasteiger partial charge in [0, 0.05) is 40.7 Å². The average Bonchev–Trinajstić information content (AvgIpc) is 3.33. The number of aliphatic carboxylic acids is 1. The third-order valence-corrected chi connectivity index (χ3v) is 5.85. The molecule has 0 spiro atoms. The highest BCUT2D eigenvalue weighted by molar-refractivity contribution is 7.14. The number of aryl methyl sites for hydroxylation is 2. The number of piperidine rings is 1. The van der Waals surface area contributed by atoms with Crippen LogP contribution in [-0.2, 0) is 4.79 Å². The van der Waals surface area contributed by atoms with E-state index in [9.17, 15) is 9.90 Å². The summed E-state index contributed by atoms with van der Waals surface area (Å²) in [5.74, 6) is -5.82. The quantitative estimate of drug-likeness (QED) is 0.758. The van der Waals surface area contributed by atoms with Crippen LogP contribution in [0.15, 0.2) is 29.0 Å². The van der Waals surface area contributed by atoms with Gasteiger partial charge in [0.15, 0.2) is 0 Å². The summed E-state index contributed by atoms with van der Waals surface area (Å²) in [6.07, 6.45) is -5.38. The van der Waals surface area contributed by atoms with Gasteiger partial charge in [-0.15, -0.1) is 22.7 Å². The lowest BCUT2D eigenvalue weighted by atomic mass is 9.98. The molecule has 0 radical (unpaired) electrons. The molecule has 1 aliphatic heterocycles. The molecule has 0 aromatic carbocycles. The Balaban J connectivity index is 2.07. The van der Waals surface area contributed by atoms with Crippen LogP contribution in [0.25, 0.3) is 5.57 Å². The molecule has 3 heterocycles. The van der Waals surface area contributed by atoms with Crippen molar-refractivity contribution in [3.05, 3.63) is 49.9 Å². The van der Waals surface area contributed by atoms with Crippen molar-refractivity contribution in [2.45, 2.75) is 33.0 Å². The Morgan fingerprint density at radius 1 is 1.36 bits per heavy atom. The Hall–Kier alpha value is -1.43. The Morgan fingerprint density at radius 2 is 2.00 bits per heavy atom. The SMILES string of the molecule is [2H]C1([2H])N(CCC=C(c2sccc2C)c2sccc2C)C([2H])([2H])[C@]([2H])(C(=O)O)C([2H])([2H])C1([2H])[2H]. The fourth-order valence-electron chi connectivity index (χ4n) is 2.49. The second kappa shape index (κ2) is 8.30. The number of hydrogen-bond acceptors (Lipinski definition) is 4. The van der Waals surface area contributed by atoms with Gasteiger partial charge in [-0.2, -0.15) is 0 Å². The van der Waals surface area contributed by atoms with Gasteiger partial charge in [0.2, 0.25) is 0 Å². The van der Waals surface area contributed by atoms with Gasteiger partial charge in [-0.3, -0.25) is 4.79 Å². The van der Waals surface area contributed by atoms with Crippen LogP contribution in [0.1, 0.15) is 52.4 Å². The van der Waals surface area contributed by atoms with Gasteiger partial charge in [0.1, 0.15) is 0 Å². The number of rotatable bonds is 6. The minimum Gasteiger partial charge on any atom is -0.481 e. The number of hydrogen-bond donors (Lipinski definition) is 1. The molecule has 2 aromatic rings. The molecule has 1 aliphatic rings. The summed E-state index contributed by atoms with van der Waals surface area (Å²) >= 11 is 3.03. The molecule has 134 valence electrons. The largest absolute Gasteiger partial charge is 0.481 e.